The highest BCUT2D eigenvalue weighted by atomic mass is 19.1. The molecule has 94 valence electrons. The highest BCUT2D eigenvalue weighted by molar-refractivity contribution is 5.97. The van der Waals surface area contributed by atoms with Gasteiger partial charge >= 0.3 is 5.97 Å². The average Bonchev–Trinajstić information content (AvgIpc) is 2.27. The minimum atomic E-state index is -0.551. The second-order valence-corrected chi connectivity index (χ2v) is 4.28. The van der Waals surface area contributed by atoms with Crippen LogP contribution in [0.4, 0.5) is 4.39 Å². The van der Waals surface area contributed by atoms with Crippen molar-refractivity contribution in [2.75, 3.05) is 0 Å². The lowest BCUT2D eigenvalue weighted by Crippen LogP contribution is -2.23. The van der Waals surface area contributed by atoms with Crippen molar-refractivity contribution < 1.29 is 18.7 Å². The van der Waals surface area contributed by atoms with Gasteiger partial charge in [0.05, 0.1) is 6.42 Å². The van der Waals surface area contributed by atoms with Gasteiger partial charge in [-0.3, -0.25) is 9.59 Å². The molecule has 0 saturated heterocycles. The van der Waals surface area contributed by atoms with Crippen molar-refractivity contribution in [2.45, 2.75) is 26.2 Å². The fourth-order valence-electron chi connectivity index (χ4n) is 2.30. The number of rotatable bonds is 2. The molecular formula is C14H13FO3. The summed E-state index contributed by atoms with van der Waals surface area (Å²) < 4.78 is 18.7. The van der Waals surface area contributed by atoms with Crippen LogP contribution in [0, 0.1) is 5.82 Å². The molecule has 2 rings (SSSR count). The summed E-state index contributed by atoms with van der Waals surface area (Å²) in [6.45, 7) is 2.95. The van der Waals surface area contributed by atoms with Gasteiger partial charge < -0.3 is 4.74 Å². The number of carbonyl (C=O) groups is 2. The molecule has 0 fully saturated rings. The van der Waals surface area contributed by atoms with Crippen LogP contribution in [0.25, 0.3) is 0 Å². The Morgan fingerprint density at radius 3 is 2.67 bits per heavy atom. The van der Waals surface area contributed by atoms with Crippen LogP contribution in [-0.4, -0.2) is 11.8 Å². The largest absolute Gasteiger partial charge is 0.431 e. The molecule has 0 aromatic heterocycles. The van der Waals surface area contributed by atoms with Gasteiger partial charge in [0.2, 0.25) is 0 Å². The number of cyclic esters (lactones) is 1. The van der Waals surface area contributed by atoms with E-state index < -0.39 is 17.7 Å². The second kappa shape index (κ2) is 4.72. The van der Waals surface area contributed by atoms with E-state index in [0.717, 1.165) is 0 Å². The number of esters is 1. The molecule has 0 aliphatic carbocycles. The molecule has 0 unspecified atom stereocenters. The number of benzene rings is 1. The third-order valence-electron chi connectivity index (χ3n) is 3.03. The van der Waals surface area contributed by atoms with Crippen molar-refractivity contribution in [3.63, 3.8) is 0 Å². The lowest BCUT2D eigenvalue weighted by atomic mass is 9.84. The van der Waals surface area contributed by atoms with Crippen LogP contribution < -0.4 is 0 Å². The Kier molecular flexibility index (Phi) is 3.28. The highest BCUT2D eigenvalue weighted by Gasteiger charge is 2.32. The van der Waals surface area contributed by atoms with E-state index >= 15 is 0 Å². The Morgan fingerprint density at radius 2 is 2.06 bits per heavy atom. The van der Waals surface area contributed by atoms with E-state index in [-0.39, 0.29) is 18.0 Å². The SMILES string of the molecule is CC(=O)C1=C(C)OC(=O)C[C@@H]1c1ccccc1F. The quantitative estimate of drug-likeness (QED) is 0.756. The summed E-state index contributed by atoms with van der Waals surface area (Å²) in [6, 6.07) is 6.17. The lowest BCUT2D eigenvalue weighted by Gasteiger charge is -2.25. The molecule has 3 nitrogen and oxygen atoms in total. The van der Waals surface area contributed by atoms with E-state index in [1.165, 1.54) is 13.0 Å². The summed E-state index contributed by atoms with van der Waals surface area (Å²) in [6.07, 6.45) is -0.00676. The zero-order chi connectivity index (χ0) is 13.3. The minimum Gasteiger partial charge on any atom is -0.431 e. The zero-order valence-electron chi connectivity index (χ0n) is 10.2. The molecule has 1 heterocycles. The Labute approximate surface area is 104 Å². The number of ether oxygens (including phenoxy) is 1. The third-order valence-corrected chi connectivity index (χ3v) is 3.03. The first-order valence-corrected chi connectivity index (χ1v) is 5.67. The number of halogens is 1. The van der Waals surface area contributed by atoms with Crippen molar-refractivity contribution in [3.8, 4) is 0 Å². The van der Waals surface area contributed by atoms with Crippen molar-refractivity contribution in [1.29, 1.82) is 0 Å². The second-order valence-electron chi connectivity index (χ2n) is 4.28. The van der Waals surface area contributed by atoms with Crippen molar-refractivity contribution in [3.05, 3.63) is 47.0 Å². The third kappa shape index (κ3) is 2.18. The summed E-state index contributed by atoms with van der Waals surface area (Å²) in [7, 11) is 0. The normalized spacial score (nSPS) is 19.7. The van der Waals surface area contributed by atoms with Gasteiger partial charge in [-0.25, -0.2) is 4.39 Å². The molecule has 1 atom stereocenters. The average molecular weight is 248 g/mol. The first-order chi connectivity index (χ1) is 8.50. The molecule has 0 spiro atoms. The minimum absolute atomic E-state index is 0.00676. The molecule has 0 N–H and O–H groups in total. The summed E-state index contributed by atoms with van der Waals surface area (Å²) in [5.41, 5.74) is 0.735. The van der Waals surface area contributed by atoms with Crippen LogP contribution in [-0.2, 0) is 14.3 Å². The Bertz CT molecular complexity index is 546. The smallest absolute Gasteiger partial charge is 0.311 e. The monoisotopic (exact) mass is 248 g/mol. The van der Waals surface area contributed by atoms with Crippen LogP contribution in [0.2, 0.25) is 0 Å². The van der Waals surface area contributed by atoms with Gasteiger partial charge in [-0.15, -0.1) is 0 Å². The van der Waals surface area contributed by atoms with Crippen molar-refractivity contribution in [1.82, 2.24) is 0 Å². The van der Waals surface area contributed by atoms with Crippen LogP contribution in [0.1, 0.15) is 31.7 Å². The van der Waals surface area contributed by atoms with Crippen LogP contribution in [0.15, 0.2) is 35.6 Å². The van der Waals surface area contributed by atoms with Gasteiger partial charge in [-0.2, -0.15) is 0 Å². The predicted molar refractivity (Wildman–Crippen MR) is 63.2 cm³/mol. The summed E-state index contributed by atoms with van der Waals surface area (Å²) in [4.78, 5) is 23.1. The highest BCUT2D eigenvalue weighted by Crippen LogP contribution is 2.36. The fraction of sp³-hybridized carbons (Fsp3) is 0.286. The van der Waals surface area contributed by atoms with E-state index in [2.05, 4.69) is 0 Å². The number of hydrogen-bond donors (Lipinski definition) is 0. The van der Waals surface area contributed by atoms with E-state index in [0.29, 0.717) is 11.1 Å². The fourth-order valence-corrected chi connectivity index (χ4v) is 2.30. The number of ketones is 1. The number of hydrogen-bond acceptors (Lipinski definition) is 3. The van der Waals surface area contributed by atoms with Crippen molar-refractivity contribution in [2.24, 2.45) is 0 Å². The van der Waals surface area contributed by atoms with Crippen molar-refractivity contribution >= 4 is 11.8 Å². The molecular weight excluding hydrogens is 235 g/mol. The van der Waals surface area contributed by atoms with E-state index in [9.17, 15) is 14.0 Å². The van der Waals surface area contributed by atoms with Gasteiger partial charge in [-0.1, -0.05) is 18.2 Å². The summed E-state index contributed by atoms with van der Waals surface area (Å²) >= 11 is 0. The molecule has 4 heteroatoms. The van der Waals surface area contributed by atoms with Crippen LogP contribution in [0.5, 0.6) is 0 Å². The Hall–Kier alpha value is -1.97. The standard InChI is InChI=1S/C14H13FO3/c1-8(16)14-9(2)18-13(17)7-11(14)10-5-3-4-6-12(10)15/h3-6,11H,7H2,1-2H3/t11-/m1/s1. The van der Waals surface area contributed by atoms with Gasteiger partial charge in [0.15, 0.2) is 5.78 Å². The molecule has 1 aromatic carbocycles. The number of carbonyl (C=O) groups excluding carboxylic acids is 2. The molecule has 0 radical (unpaired) electrons. The number of Topliss-reactive ketones (excluding diaryl/α,β-unsaturated/α-hetero) is 1. The molecule has 1 aliphatic heterocycles. The van der Waals surface area contributed by atoms with E-state index in [1.54, 1.807) is 25.1 Å². The summed E-state index contributed by atoms with van der Waals surface area (Å²) in [5.74, 6) is -1.33. The van der Waals surface area contributed by atoms with Gasteiger partial charge in [0, 0.05) is 11.5 Å². The Balaban J connectivity index is 2.54. The summed E-state index contributed by atoms with van der Waals surface area (Å²) in [5, 5.41) is 0. The molecule has 0 amide bonds. The molecule has 18 heavy (non-hydrogen) atoms. The molecule has 1 aromatic rings. The van der Waals surface area contributed by atoms with Crippen LogP contribution in [0.3, 0.4) is 0 Å². The first kappa shape index (κ1) is 12.5. The van der Waals surface area contributed by atoms with E-state index in [1.807, 2.05) is 0 Å². The maximum atomic E-state index is 13.8. The maximum Gasteiger partial charge on any atom is 0.311 e. The van der Waals surface area contributed by atoms with Crippen LogP contribution >= 0.6 is 0 Å². The topological polar surface area (TPSA) is 43.4 Å². The predicted octanol–water partition coefficient (Wildman–Crippen LogP) is 2.72. The first-order valence-electron chi connectivity index (χ1n) is 5.67. The zero-order valence-corrected chi connectivity index (χ0v) is 10.2. The number of allylic oxidation sites excluding steroid dienone is 2. The Morgan fingerprint density at radius 1 is 1.39 bits per heavy atom. The van der Waals surface area contributed by atoms with Gasteiger partial charge in [0.1, 0.15) is 11.6 Å². The molecule has 1 aliphatic rings. The molecule has 0 saturated carbocycles. The maximum absolute atomic E-state index is 13.8. The van der Waals surface area contributed by atoms with E-state index in [4.69, 9.17) is 4.74 Å². The van der Waals surface area contributed by atoms with Gasteiger partial charge in [-0.05, 0) is 25.5 Å². The van der Waals surface area contributed by atoms with Gasteiger partial charge in [0.25, 0.3) is 0 Å². The lowest BCUT2D eigenvalue weighted by molar-refractivity contribution is -0.141. The molecule has 0 bridgehead atoms.